The van der Waals surface area contributed by atoms with Gasteiger partial charge in [-0.15, -0.1) is 0 Å². The molecule has 29 heavy (non-hydrogen) atoms. The number of hydrogen-bond donors (Lipinski definition) is 3. The van der Waals surface area contributed by atoms with Crippen LogP contribution in [0.25, 0.3) is 0 Å². The third-order valence-electron chi connectivity index (χ3n) is 4.23. The van der Waals surface area contributed by atoms with Gasteiger partial charge >= 0.3 is 0 Å². The molecule has 1 aliphatic heterocycles. The molecule has 2 aliphatic rings. The van der Waals surface area contributed by atoms with Crippen LogP contribution in [-0.2, 0) is 23.9 Å². The Morgan fingerprint density at radius 3 is 2.03 bits per heavy atom. The Bertz CT molecular complexity index is 502. The molecule has 170 valence electrons. The summed E-state index contributed by atoms with van der Waals surface area (Å²) in [5, 5.41) is 8.04. The number of carbonyl (C=O) groups excluding carboxylic acids is 3. The zero-order chi connectivity index (χ0) is 22.4. The standard InChI is InChI=1S/C16H29N3O5.C3H6.C2H6/c1-10(2)6-11(14(21)16(3)9-24-16)19-13(20)7-18-15(22)12(17-4)8-23-5;1-2-3-1;1-2/h10-12,17H,6-9H2,1-5H3,(H,18,22)(H,19,20);1-3H2;1-2H3. The molecule has 1 heterocycles. The van der Waals surface area contributed by atoms with Crippen LogP contribution >= 0.6 is 0 Å². The van der Waals surface area contributed by atoms with Crippen LogP contribution in [0.1, 0.15) is 60.3 Å². The van der Waals surface area contributed by atoms with E-state index in [-0.39, 0.29) is 30.8 Å². The molecule has 0 radical (unpaired) electrons. The van der Waals surface area contributed by atoms with Crippen molar-refractivity contribution in [1.82, 2.24) is 16.0 Å². The number of rotatable bonds is 11. The molecule has 0 spiro atoms. The van der Waals surface area contributed by atoms with E-state index in [9.17, 15) is 14.4 Å². The Labute approximate surface area is 175 Å². The van der Waals surface area contributed by atoms with Crippen molar-refractivity contribution >= 4 is 17.6 Å². The number of methoxy groups -OCH3 is 1. The summed E-state index contributed by atoms with van der Waals surface area (Å²) < 4.78 is 10.1. The second kappa shape index (κ2) is 14.5. The largest absolute Gasteiger partial charge is 0.383 e. The van der Waals surface area contributed by atoms with Crippen LogP contribution in [0.5, 0.6) is 0 Å². The zero-order valence-corrected chi connectivity index (χ0v) is 19.2. The van der Waals surface area contributed by atoms with Crippen LogP contribution in [0.2, 0.25) is 0 Å². The van der Waals surface area contributed by atoms with Gasteiger partial charge in [-0.2, -0.15) is 0 Å². The van der Waals surface area contributed by atoms with Crippen molar-refractivity contribution in [1.29, 1.82) is 0 Å². The molecule has 3 unspecified atom stereocenters. The van der Waals surface area contributed by atoms with Crippen molar-refractivity contribution in [2.45, 2.75) is 78.0 Å². The number of amides is 2. The average molecular weight is 416 g/mol. The molecule has 0 bridgehead atoms. The van der Waals surface area contributed by atoms with Crippen LogP contribution in [-0.4, -0.2) is 69.2 Å². The first-order chi connectivity index (χ1) is 13.7. The summed E-state index contributed by atoms with van der Waals surface area (Å²) in [6.45, 7) is 10.1. The molecule has 1 saturated heterocycles. The first-order valence-electron chi connectivity index (χ1n) is 10.6. The number of nitrogens with one attached hydrogen (secondary N) is 3. The van der Waals surface area contributed by atoms with E-state index in [1.165, 1.54) is 26.4 Å². The van der Waals surface area contributed by atoms with Crippen molar-refractivity contribution in [2.24, 2.45) is 5.92 Å². The highest BCUT2D eigenvalue weighted by atomic mass is 16.6. The lowest BCUT2D eigenvalue weighted by Crippen LogP contribution is -2.52. The fraction of sp³-hybridized carbons (Fsp3) is 0.857. The smallest absolute Gasteiger partial charge is 0.239 e. The van der Waals surface area contributed by atoms with E-state index in [4.69, 9.17) is 9.47 Å². The SMILES string of the molecule is C1CC1.CC.CNC(COC)C(=O)NCC(=O)NC(CC(C)C)C(=O)C1(C)CO1. The van der Waals surface area contributed by atoms with Crippen molar-refractivity contribution in [3.63, 3.8) is 0 Å². The molecule has 2 rings (SSSR count). The van der Waals surface area contributed by atoms with E-state index in [1.807, 2.05) is 27.7 Å². The van der Waals surface area contributed by atoms with E-state index in [1.54, 1.807) is 14.0 Å². The van der Waals surface area contributed by atoms with E-state index < -0.39 is 23.6 Å². The van der Waals surface area contributed by atoms with E-state index in [0.717, 1.165) is 0 Å². The molecular weight excluding hydrogens is 374 g/mol. The number of ether oxygens (including phenoxy) is 2. The molecule has 0 aromatic heterocycles. The molecular formula is C21H41N3O5. The number of likely N-dealkylation sites (N-methyl/N-ethyl adjacent to an activating group) is 1. The number of ketones is 1. The second-order valence-electron chi connectivity index (χ2n) is 7.71. The topological polar surface area (TPSA) is 109 Å². The quantitative estimate of drug-likeness (QED) is 0.441. The number of carbonyl (C=O) groups is 3. The predicted octanol–water partition coefficient (Wildman–Crippen LogP) is 1.42. The molecule has 8 nitrogen and oxygen atoms in total. The van der Waals surface area contributed by atoms with Crippen molar-refractivity contribution < 1.29 is 23.9 Å². The summed E-state index contributed by atoms with van der Waals surface area (Å²) in [6, 6.07) is -1.14. The Kier molecular flexibility index (Phi) is 13.7. The lowest BCUT2D eigenvalue weighted by molar-refractivity contribution is -0.131. The highest BCUT2D eigenvalue weighted by molar-refractivity contribution is 5.97. The Balaban J connectivity index is 0.00000139. The highest BCUT2D eigenvalue weighted by Gasteiger charge is 2.50. The predicted molar refractivity (Wildman–Crippen MR) is 114 cm³/mol. The third-order valence-corrected chi connectivity index (χ3v) is 4.23. The van der Waals surface area contributed by atoms with Crippen LogP contribution in [0.15, 0.2) is 0 Å². The summed E-state index contributed by atoms with van der Waals surface area (Å²) >= 11 is 0. The van der Waals surface area contributed by atoms with Gasteiger partial charge in [0.05, 0.1) is 25.8 Å². The lowest BCUT2D eigenvalue weighted by atomic mass is 9.93. The van der Waals surface area contributed by atoms with Gasteiger partial charge in [0.25, 0.3) is 0 Å². The van der Waals surface area contributed by atoms with E-state index in [2.05, 4.69) is 16.0 Å². The first kappa shape index (κ1) is 27.5. The number of hydrogen-bond acceptors (Lipinski definition) is 6. The fourth-order valence-corrected chi connectivity index (χ4v) is 2.31. The lowest BCUT2D eigenvalue weighted by Gasteiger charge is -2.22. The van der Waals surface area contributed by atoms with Crippen LogP contribution in [0, 0.1) is 5.92 Å². The number of Topliss-reactive ketones (excluding diaryl/α,β-unsaturated/α-hetero) is 1. The van der Waals surface area contributed by atoms with Gasteiger partial charge in [-0.05, 0) is 26.3 Å². The van der Waals surface area contributed by atoms with E-state index >= 15 is 0 Å². The van der Waals surface area contributed by atoms with Crippen LogP contribution in [0.3, 0.4) is 0 Å². The first-order valence-corrected chi connectivity index (χ1v) is 10.6. The molecule has 2 amide bonds. The maximum absolute atomic E-state index is 12.4. The molecule has 0 aromatic rings. The van der Waals surface area contributed by atoms with Crippen molar-refractivity contribution in [3.05, 3.63) is 0 Å². The van der Waals surface area contributed by atoms with Gasteiger partial charge in [-0.1, -0.05) is 47.0 Å². The summed E-state index contributed by atoms with van der Waals surface area (Å²) in [5.74, 6) is -0.618. The van der Waals surface area contributed by atoms with Crippen molar-refractivity contribution in [2.75, 3.05) is 33.9 Å². The normalized spacial score (nSPS) is 20.8. The molecule has 1 saturated carbocycles. The molecule has 8 heteroatoms. The molecule has 1 aliphatic carbocycles. The van der Waals surface area contributed by atoms with Gasteiger partial charge in [0, 0.05) is 7.11 Å². The van der Waals surface area contributed by atoms with Gasteiger partial charge in [-0.25, -0.2) is 0 Å². The Morgan fingerprint density at radius 2 is 1.66 bits per heavy atom. The maximum Gasteiger partial charge on any atom is 0.239 e. The van der Waals surface area contributed by atoms with Gasteiger partial charge in [0.2, 0.25) is 11.8 Å². The summed E-state index contributed by atoms with van der Waals surface area (Å²) in [6.07, 6.45) is 5.03. The second-order valence-corrected chi connectivity index (χ2v) is 7.71. The minimum Gasteiger partial charge on any atom is -0.383 e. The van der Waals surface area contributed by atoms with Gasteiger partial charge in [0.1, 0.15) is 11.6 Å². The number of epoxide rings is 1. The summed E-state index contributed by atoms with van der Waals surface area (Å²) in [4.78, 5) is 36.4. The maximum atomic E-state index is 12.4. The Morgan fingerprint density at radius 1 is 1.10 bits per heavy atom. The van der Waals surface area contributed by atoms with Gasteiger partial charge in [-0.3, -0.25) is 14.4 Å². The fourth-order valence-electron chi connectivity index (χ4n) is 2.31. The molecule has 3 atom stereocenters. The Hall–Kier alpha value is -1.51. The van der Waals surface area contributed by atoms with Gasteiger partial charge in [0.15, 0.2) is 5.78 Å². The minimum atomic E-state index is -0.786. The highest BCUT2D eigenvalue weighted by Crippen LogP contribution is 2.29. The molecule has 0 aromatic carbocycles. The third kappa shape index (κ3) is 11.9. The monoisotopic (exact) mass is 415 g/mol. The zero-order valence-electron chi connectivity index (χ0n) is 19.2. The molecule has 3 N–H and O–H groups in total. The van der Waals surface area contributed by atoms with Crippen molar-refractivity contribution in [3.8, 4) is 0 Å². The minimum absolute atomic E-state index is 0.122. The van der Waals surface area contributed by atoms with Crippen LogP contribution in [0.4, 0.5) is 0 Å². The summed E-state index contributed by atoms with van der Waals surface area (Å²) in [5.41, 5.74) is -0.786. The van der Waals surface area contributed by atoms with E-state index in [0.29, 0.717) is 13.0 Å². The average Bonchev–Trinajstić information content (AvgIpc) is 3.60. The molecule has 2 fully saturated rings. The summed E-state index contributed by atoms with van der Waals surface area (Å²) in [7, 11) is 3.13. The van der Waals surface area contributed by atoms with Crippen LogP contribution < -0.4 is 16.0 Å². The van der Waals surface area contributed by atoms with Gasteiger partial charge < -0.3 is 25.4 Å².